The highest BCUT2D eigenvalue weighted by molar-refractivity contribution is 6.42. The highest BCUT2D eigenvalue weighted by Crippen LogP contribution is 2.70. The molecule has 2 aliphatic rings. The van der Waals surface area contributed by atoms with Crippen molar-refractivity contribution in [3.05, 3.63) is 33.6 Å². The second kappa shape index (κ2) is 4.61. The van der Waals surface area contributed by atoms with Crippen molar-refractivity contribution in [1.29, 1.82) is 0 Å². The largest absolute Gasteiger partial charge is 0.358 e. The number of hydrogen-bond acceptors (Lipinski definition) is 3. The molecule has 1 fully saturated rings. The second-order valence-electron chi connectivity index (χ2n) is 7.62. The van der Waals surface area contributed by atoms with Gasteiger partial charge in [-0.3, -0.25) is 4.79 Å². The maximum absolute atomic E-state index is 12.9. The second-order valence-corrected chi connectivity index (χ2v) is 8.43. The van der Waals surface area contributed by atoms with Crippen molar-refractivity contribution < 1.29 is 4.79 Å². The number of fused-ring (bicyclic) bond motifs is 6. The number of carbonyl (C=O) groups is 1. The van der Waals surface area contributed by atoms with Crippen LogP contribution >= 0.6 is 23.2 Å². The zero-order valence-electron chi connectivity index (χ0n) is 14.1. The smallest absolute Gasteiger partial charge is 0.232 e. The van der Waals surface area contributed by atoms with Gasteiger partial charge in [-0.2, -0.15) is 0 Å². The number of amides is 1. The fourth-order valence-corrected chi connectivity index (χ4v) is 5.13. The minimum Gasteiger partial charge on any atom is -0.358 e. The molecule has 2 bridgehead atoms. The summed E-state index contributed by atoms with van der Waals surface area (Å²) in [6.07, 6.45) is 1.70. The van der Waals surface area contributed by atoms with Crippen molar-refractivity contribution in [1.82, 2.24) is 15.3 Å². The summed E-state index contributed by atoms with van der Waals surface area (Å²) in [4.78, 5) is 22.7. The van der Waals surface area contributed by atoms with Gasteiger partial charge in [-0.1, -0.05) is 44.0 Å². The van der Waals surface area contributed by atoms with Gasteiger partial charge in [0.2, 0.25) is 5.91 Å². The summed E-state index contributed by atoms with van der Waals surface area (Å²) in [5.74, 6) is 0.0173. The lowest BCUT2D eigenvalue weighted by atomic mass is 9.63. The predicted octanol–water partition coefficient (Wildman–Crippen LogP) is 4.01. The molecule has 1 heterocycles. The van der Waals surface area contributed by atoms with E-state index in [-0.39, 0.29) is 16.7 Å². The van der Waals surface area contributed by atoms with Gasteiger partial charge in [-0.05, 0) is 30.4 Å². The summed E-state index contributed by atoms with van der Waals surface area (Å²) < 4.78 is 0. The van der Waals surface area contributed by atoms with Crippen molar-refractivity contribution >= 4 is 40.1 Å². The molecule has 2 atom stereocenters. The van der Waals surface area contributed by atoms with Crippen LogP contribution in [0.2, 0.25) is 10.0 Å². The lowest BCUT2D eigenvalue weighted by molar-refractivity contribution is -0.129. The fourth-order valence-electron chi connectivity index (χ4n) is 4.81. The number of nitrogens with zero attached hydrogens (tertiary/aromatic N) is 2. The zero-order chi connectivity index (χ0) is 17.5. The van der Waals surface area contributed by atoms with Crippen LogP contribution in [0, 0.1) is 5.41 Å². The Labute approximate surface area is 151 Å². The molecule has 1 aromatic carbocycles. The van der Waals surface area contributed by atoms with Crippen LogP contribution in [0.3, 0.4) is 0 Å². The zero-order valence-corrected chi connectivity index (χ0v) is 15.6. The van der Waals surface area contributed by atoms with Crippen LogP contribution < -0.4 is 5.32 Å². The maximum Gasteiger partial charge on any atom is 0.232 e. The molecule has 0 radical (unpaired) electrons. The van der Waals surface area contributed by atoms with Crippen molar-refractivity contribution in [3.63, 3.8) is 0 Å². The summed E-state index contributed by atoms with van der Waals surface area (Å²) in [5, 5.41) is 3.76. The number of nitrogens with one attached hydrogen (secondary N) is 1. The number of carbonyl (C=O) groups excluding carboxylic acids is 1. The van der Waals surface area contributed by atoms with Gasteiger partial charge in [0.05, 0.1) is 37.9 Å². The lowest BCUT2D eigenvalue weighted by Crippen LogP contribution is -2.50. The minimum absolute atomic E-state index is 0.0173. The van der Waals surface area contributed by atoms with E-state index < -0.39 is 5.41 Å². The van der Waals surface area contributed by atoms with Gasteiger partial charge in [0, 0.05) is 12.5 Å². The molecule has 1 amide bonds. The Morgan fingerprint density at radius 2 is 1.58 bits per heavy atom. The van der Waals surface area contributed by atoms with Crippen LogP contribution in [-0.2, 0) is 15.6 Å². The predicted molar refractivity (Wildman–Crippen MR) is 95.7 cm³/mol. The monoisotopic (exact) mass is 363 g/mol. The molecule has 0 unspecified atom stereocenters. The molecule has 0 aliphatic heterocycles. The summed E-state index contributed by atoms with van der Waals surface area (Å²) in [5.41, 5.74) is 2.01. The van der Waals surface area contributed by atoms with Crippen molar-refractivity contribution in [3.8, 4) is 0 Å². The van der Waals surface area contributed by atoms with E-state index in [1.807, 2.05) is 0 Å². The van der Waals surface area contributed by atoms with E-state index in [2.05, 4.69) is 26.1 Å². The van der Waals surface area contributed by atoms with E-state index in [1.165, 1.54) is 0 Å². The van der Waals surface area contributed by atoms with Gasteiger partial charge < -0.3 is 5.32 Å². The van der Waals surface area contributed by atoms with Gasteiger partial charge in [0.25, 0.3) is 0 Å². The SMILES string of the molecule is CNC(=O)[C@@]12CC[C@](C)(c3nc4cc(Cl)c(Cl)cc4nc31)C2(C)C. The Morgan fingerprint density at radius 1 is 1.04 bits per heavy atom. The molecule has 2 aromatic rings. The third-order valence-electron chi connectivity index (χ3n) is 6.69. The molecule has 0 spiro atoms. The van der Waals surface area contributed by atoms with E-state index in [4.69, 9.17) is 33.2 Å². The number of rotatable bonds is 1. The third-order valence-corrected chi connectivity index (χ3v) is 7.42. The van der Waals surface area contributed by atoms with E-state index in [1.54, 1.807) is 19.2 Å². The fraction of sp³-hybridized carbons (Fsp3) is 0.500. The Balaban J connectivity index is 2.11. The Bertz CT molecular complexity index is 911. The number of halogens is 2. The summed E-state index contributed by atoms with van der Waals surface area (Å²) in [6.45, 7) is 6.51. The molecule has 6 heteroatoms. The molecule has 0 saturated heterocycles. The number of hydrogen-bond donors (Lipinski definition) is 1. The van der Waals surface area contributed by atoms with Crippen molar-refractivity contribution in [2.24, 2.45) is 5.41 Å². The average Bonchev–Trinajstić information content (AvgIpc) is 2.83. The Kier molecular flexibility index (Phi) is 3.09. The molecular weight excluding hydrogens is 345 g/mol. The Hall–Kier alpha value is -1.39. The topological polar surface area (TPSA) is 54.9 Å². The highest BCUT2D eigenvalue weighted by Gasteiger charge is 2.73. The first-order valence-corrected chi connectivity index (χ1v) is 8.84. The summed E-state index contributed by atoms with van der Waals surface area (Å²) in [7, 11) is 1.69. The van der Waals surface area contributed by atoms with Crippen LogP contribution in [-0.4, -0.2) is 22.9 Å². The molecule has 1 N–H and O–H groups in total. The van der Waals surface area contributed by atoms with Crippen LogP contribution in [0.15, 0.2) is 12.1 Å². The molecule has 126 valence electrons. The number of benzene rings is 1. The van der Waals surface area contributed by atoms with E-state index in [9.17, 15) is 4.79 Å². The van der Waals surface area contributed by atoms with E-state index in [0.29, 0.717) is 15.6 Å². The highest BCUT2D eigenvalue weighted by atomic mass is 35.5. The normalized spacial score (nSPS) is 29.8. The third kappa shape index (κ3) is 1.55. The molecular formula is C18H19Cl2N3O. The maximum atomic E-state index is 12.9. The minimum atomic E-state index is -0.654. The van der Waals surface area contributed by atoms with Crippen LogP contribution in [0.5, 0.6) is 0 Å². The van der Waals surface area contributed by atoms with Gasteiger partial charge in [-0.15, -0.1) is 0 Å². The average molecular weight is 364 g/mol. The summed E-state index contributed by atoms with van der Waals surface area (Å²) in [6, 6.07) is 3.48. The first kappa shape index (κ1) is 16.1. The van der Waals surface area contributed by atoms with Crippen LogP contribution in [0.25, 0.3) is 11.0 Å². The van der Waals surface area contributed by atoms with Crippen molar-refractivity contribution in [2.45, 2.75) is 44.4 Å². The first-order valence-electron chi connectivity index (χ1n) is 8.09. The summed E-state index contributed by atoms with van der Waals surface area (Å²) >= 11 is 12.3. The van der Waals surface area contributed by atoms with E-state index >= 15 is 0 Å². The van der Waals surface area contributed by atoms with Crippen molar-refractivity contribution in [2.75, 3.05) is 7.05 Å². The molecule has 1 aromatic heterocycles. The van der Waals surface area contributed by atoms with Crippen LogP contribution in [0.1, 0.15) is 45.0 Å². The lowest BCUT2D eigenvalue weighted by Gasteiger charge is -2.39. The molecule has 4 nitrogen and oxygen atoms in total. The number of likely N-dealkylation sites (N-methyl/N-ethyl adjacent to an activating group) is 1. The quantitative estimate of drug-likeness (QED) is 0.832. The Morgan fingerprint density at radius 3 is 2.12 bits per heavy atom. The first-order chi connectivity index (χ1) is 11.2. The van der Waals surface area contributed by atoms with Gasteiger partial charge in [-0.25, -0.2) is 9.97 Å². The molecule has 24 heavy (non-hydrogen) atoms. The van der Waals surface area contributed by atoms with Gasteiger partial charge in [0.1, 0.15) is 0 Å². The van der Waals surface area contributed by atoms with Gasteiger partial charge >= 0.3 is 0 Å². The van der Waals surface area contributed by atoms with Crippen LogP contribution in [0.4, 0.5) is 0 Å². The number of aromatic nitrogens is 2. The van der Waals surface area contributed by atoms with Gasteiger partial charge in [0.15, 0.2) is 0 Å². The molecule has 2 aliphatic carbocycles. The van der Waals surface area contributed by atoms with E-state index in [0.717, 1.165) is 29.7 Å². The molecule has 4 rings (SSSR count). The molecule has 1 saturated carbocycles. The standard InChI is InChI=1S/C18H19Cl2N3O/c1-16(2)17(3)5-6-18(16,15(24)21-4)14-13(17)22-11-7-9(19)10(20)8-12(11)23-14/h7-8H,5-6H2,1-4H3,(H,21,24)/t17-,18-/m1/s1.